The van der Waals surface area contributed by atoms with Crippen LogP contribution in [0.1, 0.15) is 0 Å². The largest absolute Gasteiger partial charge is 0.480 e. The van der Waals surface area contributed by atoms with Gasteiger partial charge in [-0.05, 0) is 48.0 Å². The number of nitrogens with zero attached hydrogens (tertiary/aromatic N) is 4. The summed E-state index contributed by atoms with van der Waals surface area (Å²) in [5.41, 5.74) is 6.72. The third kappa shape index (κ3) is 4.50. The molecule has 0 fully saturated rings. The van der Waals surface area contributed by atoms with Crippen LogP contribution < -0.4 is 20.8 Å². The fraction of sp³-hybridized carbons (Fsp3) is 0.0400. The van der Waals surface area contributed by atoms with Crippen molar-refractivity contribution in [3.05, 3.63) is 95.2 Å². The second-order valence-corrected chi connectivity index (χ2v) is 9.66. The number of nitrogen functional groups attached to an aromatic ring is 1. The molecule has 0 spiro atoms. The summed E-state index contributed by atoms with van der Waals surface area (Å²) < 4.78 is 62.1. The molecule has 0 aliphatic carbocycles. The first-order valence-electron chi connectivity index (χ1n) is 10.9. The zero-order valence-corrected chi connectivity index (χ0v) is 20.4. The van der Waals surface area contributed by atoms with E-state index in [-0.39, 0.29) is 17.2 Å². The van der Waals surface area contributed by atoms with Crippen LogP contribution in [0.5, 0.6) is 5.88 Å². The Morgan fingerprint density at radius 1 is 1.00 bits per heavy atom. The summed E-state index contributed by atoms with van der Waals surface area (Å²) in [5, 5.41) is 0.222. The molecule has 0 atom stereocenters. The average Bonchev–Trinajstić information content (AvgIpc) is 2.90. The third-order valence-electron chi connectivity index (χ3n) is 5.62. The van der Waals surface area contributed by atoms with E-state index >= 15 is 0 Å². The second kappa shape index (κ2) is 9.52. The van der Waals surface area contributed by atoms with Gasteiger partial charge in [-0.15, -0.1) is 0 Å². The van der Waals surface area contributed by atoms with Crippen LogP contribution in [0.15, 0.2) is 82.9 Å². The summed E-state index contributed by atoms with van der Waals surface area (Å²) in [6, 6.07) is 11.6. The molecule has 13 heteroatoms. The number of fused-ring (bicyclic) bond motifs is 1. The molecule has 5 aromatic rings. The summed E-state index contributed by atoms with van der Waals surface area (Å²) in [4.78, 5) is 25.3. The molecule has 0 unspecified atom stereocenters. The molecule has 0 bridgehead atoms. The van der Waals surface area contributed by atoms with Crippen LogP contribution in [0, 0.1) is 11.6 Å². The van der Waals surface area contributed by atoms with Crippen molar-refractivity contribution >= 4 is 32.6 Å². The van der Waals surface area contributed by atoms with E-state index in [1.54, 1.807) is 24.3 Å². The molecule has 0 saturated heterocycles. The van der Waals surface area contributed by atoms with Crippen LogP contribution in [-0.4, -0.2) is 35.0 Å². The number of halogens is 2. The molecule has 3 heterocycles. The molecule has 5 rings (SSSR count). The molecule has 2 aromatic carbocycles. The van der Waals surface area contributed by atoms with Gasteiger partial charge in [0.1, 0.15) is 16.5 Å². The average molecular weight is 537 g/mol. The van der Waals surface area contributed by atoms with Gasteiger partial charge in [-0.1, -0.05) is 6.07 Å². The van der Waals surface area contributed by atoms with Crippen LogP contribution in [0.25, 0.3) is 27.7 Å². The molecule has 10 nitrogen and oxygen atoms in total. The van der Waals surface area contributed by atoms with Crippen LogP contribution in [-0.2, 0) is 10.0 Å². The number of anilines is 2. The number of pyridine rings is 2. The van der Waals surface area contributed by atoms with E-state index < -0.39 is 37.8 Å². The monoisotopic (exact) mass is 536 g/mol. The molecule has 0 aliphatic heterocycles. The Balaban J connectivity index is 1.61. The minimum absolute atomic E-state index is 0.0138. The number of benzene rings is 2. The number of hydrogen-bond acceptors (Lipinski definition) is 8. The van der Waals surface area contributed by atoms with Gasteiger partial charge in [0, 0.05) is 30.2 Å². The predicted molar refractivity (Wildman–Crippen MR) is 136 cm³/mol. The van der Waals surface area contributed by atoms with Gasteiger partial charge in [0.2, 0.25) is 11.8 Å². The van der Waals surface area contributed by atoms with Crippen LogP contribution in [0.4, 0.5) is 20.4 Å². The van der Waals surface area contributed by atoms with Crippen molar-refractivity contribution in [2.24, 2.45) is 0 Å². The predicted octanol–water partition coefficient (Wildman–Crippen LogP) is 3.51. The molecule has 38 heavy (non-hydrogen) atoms. The Labute approximate surface area is 214 Å². The highest BCUT2D eigenvalue weighted by Gasteiger charge is 2.24. The van der Waals surface area contributed by atoms with Crippen molar-refractivity contribution in [1.29, 1.82) is 0 Å². The van der Waals surface area contributed by atoms with Crippen molar-refractivity contribution in [2.45, 2.75) is 4.90 Å². The quantitative estimate of drug-likeness (QED) is 0.336. The van der Waals surface area contributed by atoms with Crippen molar-refractivity contribution in [3.8, 4) is 22.7 Å². The highest BCUT2D eigenvalue weighted by atomic mass is 32.2. The maximum Gasteiger partial charge on any atom is 0.267 e. The number of aromatic nitrogens is 4. The van der Waals surface area contributed by atoms with E-state index in [1.165, 1.54) is 42.4 Å². The molecule has 0 aliphatic rings. The van der Waals surface area contributed by atoms with Crippen LogP contribution >= 0.6 is 0 Å². The molecule has 3 aromatic heterocycles. The Morgan fingerprint density at radius 2 is 1.76 bits per heavy atom. The van der Waals surface area contributed by atoms with Gasteiger partial charge in [-0.3, -0.25) is 14.5 Å². The number of methoxy groups -OCH3 is 1. The molecule has 192 valence electrons. The topological polar surface area (TPSA) is 142 Å². The zero-order valence-electron chi connectivity index (χ0n) is 19.6. The first-order chi connectivity index (χ1) is 18.2. The molecule has 0 amide bonds. The highest BCUT2D eigenvalue weighted by Crippen LogP contribution is 2.31. The SMILES string of the molecule is COc1ncc(-c2ccc3nc(N)n(-c4ccncc4)c(=O)c3c2)cc1S(=O)(=O)Nc1ccc(F)cc1F. The van der Waals surface area contributed by atoms with Gasteiger partial charge in [0.25, 0.3) is 15.6 Å². The minimum atomic E-state index is -4.42. The number of nitrogens with two attached hydrogens (primary N) is 1. The number of ether oxygens (including phenoxy) is 1. The summed E-state index contributed by atoms with van der Waals surface area (Å²) in [7, 11) is -3.19. The summed E-state index contributed by atoms with van der Waals surface area (Å²) in [5.74, 6) is -2.22. The Morgan fingerprint density at radius 3 is 2.47 bits per heavy atom. The van der Waals surface area contributed by atoms with E-state index in [2.05, 4.69) is 19.7 Å². The fourth-order valence-corrected chi connectivity index (χ4v) is 5.05. The van der Waals surface area contributed by atoms with Gasteiger partial charge in [-0.25, -0.2) is 31.7 Å². The highest BCUT2D eigenvalue weighted by molar-refractivity contribution is 7.92. The second-order valence-electron chi connectivity index (χ2n) is 8.01. The summed E-state index contributed by atoms with van der Waals surface area (Å²) in [6.07, 6.45) is 4.39. The lowest BCUT2D eigenvalue weighted by Crippen LogP contribution is -2.23. The standard InChI is InChI=1S/C25H18F2N6O4S/c1-37-23-22(38(35,36)32-21-5-3-16(26)12-19(21)27)11-15(13-30-23)14-2-4-20-18(10-14)24(34)33(25(28)31-20)17-6-8-29-9-7-17/h2-13,32H,1H3,(H2,28,31). The van der Waals surface area contributed by atoms with E-state index in [4.69, 9.17) is 10.5 Å². The Kier molecular flexibility index (Phi) is 6.20. The fourth-order valence-electron chi connectivity index (χ4n) is 3.83. The number of rotatable bonds is 6. The lowest BCUT2D eigenvalue weighted by Gasteiger charge is -2.14. The lowest BCUT2D eigenvalue weighted by molar-refractivity contribution is 0.385. The van der Waals surface area contributed by atoms with Gasteiger partial charge in [-0.2, -0.15) is 0 Å². The number of hydrogen-bond donors (Lipinski definition) is 2. The zero-order chi connectivity index (χ0) is 27.0. The molecule has 0 radical (unpaired) electrons. The molecule has 3 N–H and O–H groups in total. The van der Waals surface area contributed by atoms with Gasteiger partial charge in [0.05, 0.1) is 29.4 Å². The summed E-state index contributed by atoms with van der Waals surface area (Å²) in [6.45, 7) is 0. The minimum Gasteiger partial charge on any atom is -0.480 e. The van der Waals surface area contributed by atoms with E-state index in [0.29, 0.717) is 28.4 Å². The molecular formula is C25H18F2N6O4S. The Bertz CT molecular complexity index is 1860. The van der Waals surface area contributed by atoms with Crippen LogP contribution in [0.3, 0.4) is 0 Å². The van der Waals surface area contributed by atoms with Crippen molar-refractivity contribution in [3.63, 3.8) is 0 Å². The maximum atomic E-state index is 14.1. The smallest absolute Gasteiger partial charge is 0.267 e. The normalized spacial score (nSPS) is 11.4. The van der Waals surface area contributed by atoms with E-state index in [1.807, 2.05) is 0 Å². The van der Waals surface area contributed by atoms with Crippen molar-refractivity contribution < 1.29 is 21.9 Å². The number of sulfonamides is 1. The maximum absolute atomic E-state index is 14.1. The van der Waals surface area contributed by atoms with Crippen molar-refractivity contribution in [2.75, 3.05) is 17.6 Å². The van der Waals surface area contributed by atoms with Gasteiger partial charge in [0.15, 0.2) is 0 Å². The van der Waals surface area contributed by atoms with Crippen molar-refractivity contribution in [1.82, 2.24) is 19.5 Å². The Hall–Kier alpha value is -4.91. The van der Waals surface area contributed by atoms with Gasteiger partial charge < -0.3 is 10.5 Å². The first kappa shape index (κ1) is 24.8. The lowest BCUT2D eigenvalue weighted by atomic mass is 10.1. The first-order valence-corrected chi connectivity index (χ1v) is 12.4. The van der Waals surface area contributed by atoms with E-state index in [0.717, 1.165) is 12.1 Å². The summed E-state index contributed by atoms with van der Waals surface area (Å²) >= 11 is 0. The third-order valence-corrected chi connectivity index (χ3v) is 6.99. The molecular weight excluding hydrogens is 518 g/mol. The van der Waals surface area contributed by atoms with E-state index in [9.17, 15) is 22.0 Å². The number of nitrogens with one attached hydrogen (secondary N) is 1. The van der Waals surface area contributed by atoms with Gasteiger partial charge >= 0.3 is 0 Å². The molecule has 0 saturated carbocycles. The van der Waals surface area contributed by atoms with Crippen LogP contribution in [0.2, 0.25) is 0 Å².